The maximum Gasteiger partial charge on any atom is 1.00 e. The Kier molecular flexibility index (Phi) is 4.84. The minimum atomic E-state index is -0.939. The molecule has 1 N–H and O–H groups in total. The summed E-state index contributed by atoms with van der Waals surface area (Å²) < 4.78 is 0. The minimum Gasteiger partial charge on any atom is -1.00 e. The summed E-state index contributed by atoms with van der Waals surface area (Å²) in [4.78, 5) is 10.9. The second kappa shape index (κ2) is 4.83. The van der Waals surface area contributed by atoms with Crippen molar-refractivity contribution < 1.29 is 40.9 Å². The fraction of sp³-hybridized carbons (Fsp3) is 0. The fourth-order valence-corrected chi connectivity index (χ4v) is 0.911. The van der Waals surface area contributed by atoms with E-state index in [-0.39, 0.29) is 36.5 Å². The van der Waals surface area contributed by atoms with E-state index >= 15 is 0 Å². The third kappa shape index (κ3) is 2.87. The molecule has 0 saturated carbocycles. The van der Waals surface area contributed by atoms with Gasteiger partial charge in [0, 0.05) is 4.90 Å². The van der Waals surface area contributed by atoms with Crippen LogP contribution >= 0.6 is 12.6 Å². The van der Waals surface area contributed by atoms with E-state index < -0.39 is 5.97 Å². The Morgan fingerprint density at radius 1 is 1.45 bits per heavy atom. The third-order valence-electron chi connectivity index (χ3n) is 1.13. The van der Waals surface area contributed by atoms with Crippen LogP contribution in [0.4, 0.5) is 0 Å². The number of benzene rings is 1. The van der Waals surface area contributed by atoms with Gasteiger partial charge >= 0.3 is 35.5 Å². The van der Waals surface area contributed by atoms with Crippen LogP contribution in [0.25, 0.3) is 0 Å². The third-order valence-corrected chi connectivity index (χ3v) is 1.52. The van der Waals surface area contributed by atoms with Crippen LogP contribution in [-0.4, -0.2) is 11.1 Å². The summed E-state index contributed by atoms with van der Waals surface area (Å²) in [6.07, 6.45) is 0. The van der Waals surface area contributed by atoms with Gasteiger partial charge in [0.15, 0.2) is 0 Å². The number of hydrogen-bond acceptors (Lipinski definition) is 2. The average Bonchev–Trinajstić information content (AvgIpc) is 1.88. The molecule has 1 rings (SSSR count). The van der Waals surface area contributed by atoms with Gasteiger partial charge in [0.25, 0.3) is 0 Å². The van der Waals surface area contributed by atoms with Crippen molar-refractivity contribution in [3.05, 3.63) is 29.8 Å². The zero-order valence-corrected chi connectivity index (χ0v) is 9.01. The fourth-order valence-electron chi connectivity index (χ4n) is 0.654. The standard InChI is InChI=1S/C7H6O2S.Na.H/c8-7(9)5-3-1-2-4-6(5)10;;/h1-4,10H,(H,8,9);;/q;+1;-1. The number of rotatable bonds is 1. The van der Waals surface area contributed by atoms with Crippen molar-refractivity contribution in [1.82, 2.24) is 0 Å². The van der Waals surface area contributed by atoms with Crippen molar-refractivity contribution in [3.63, 3.8) is 0 Å². The topological polar surface area (TPSA) is 37.3 Å². The smallest absolute Gasteiger partial charge is 1.00 e. The van der Waals surface area contributed by atoms with E-state index in [4.69, 9.17) is 5.11 Å². The number of carboxylic acid groups (broad SMARTS) is 1. The zero-order chi connectivity index (χ0) is 7.56. The van der Waals surface area contributed by atoms with Gasteiger partial charge in [-0.25, -0.2) is 4.79 Å². The van der Waals surface area contributed by atoms with Gasteiger partial charge < -0.3 is 6.53 Å². The Bertz CT molecular complexity index is 267. The summed E-state index contributed by atoms with van der Waals surface area (Å²) in [6.45, 7) is 0. The molecule has 0 aliphatic heterocycles. The van der Waals surface area contributed by atoms with Gasteiger partial charge in [-0.1, -0.05) is 12.1 Å². The van der Waals surface area contributed by atoms with E-state index in [1.54, 1.807) is 18.2 Å². The molecule has 0 aromatic heterocycles. The van der Waals surface area contributed by atoms with E-state index in [1.807, 2.05) is 0 Å². The number of carboxylic acids is 1. The molecule has 0 atom stereocenters. The summed E-state index contributed by atoms with van der Waals surface area (Å²) in [5, 5.41) is 8.52. The molecular weight excluding hydrogens is 171 g/mol. The van der Waals surface area contributed by atoms with E-state index in [0.29, 0.717) is 4.90 Å². The van der Waals surface area contributed by atoms with Gasteiger partial charge in [-0.3, -0.25) is 0 Å². The summed E-state index contributed by atoms with van der Waals surface area (Å²) in [7, 11) is 0. The molecule has 4 heteroatoms. The molecule has 0 saturated heterocycles. The Labute approximate surface area is 93.8 Å². The first-order valence-electron chi connectivity index (χ1n) is 2.73. The molecule has 1 aromatic carbocycles. The molecule has 0 fully saturated rings. The van der Waals surface area contributed by atoms with Gasteiger partial charge in [-0.15, -0.1) is 12.6 Å². The molecule has 0 aliphatic rings. The molecule has 0 bridgehead atoms. The SMILES string of the molecule is O=C(O)c1ccccc1S.[H-].[Na+]. The van der Waals surface area contributed by atoms with Crippen molar-refractivity contribution in [3.8, 4) is 0 Å². The minimum absolute atomic E-state index is 0. The maximum atomic E-state index is 10.4. The Hall–Kier alpha value is 0.0400. The van der Waals surface area contributed by atoms with Crippen molar-refractivity contribution in [2.45, 2.75) is 4.90 Å². The molecule has 0 aliphatic carbocycles. The molecule has 2 nitrogen and oxygen atoms in total. The molecule has 0 spiro atoms. The van der Waals surface area contributed by atoms with Crippen LogP contribution in [0, 0.1) is 0 Å². The predicted octanol–water partition coefficient (Wildman–Crippen LogP) is -1.21. The first-order valence-corrected chi connectivity index (χ1v) is 3.18. The molecule has 1 aromatic rings. The van der Waals surface area contributed by atoms with Crippen LogP contribution in [-0.2, 0) is 0 Å². The van der Waals surface area contributed by atoms with Crippen molar-refractivity contribution in [2.75, 3.05) is 0 Å². The molecule has 0 amide bonds. The van der Waals surface area contributed by atoms with Crippen LogP contribution in [0.5, 0.6) is 0 Å². The van der Waals surface area contributed by atoms with Crippen molar-refractivity contribution >= 4 is 18.6 Å². The Morgan fingerprint density at radius 2 is 2.00 bits per heavy atom. The van der Waals surface area contributed by atoms with Crippen LogP contribution in [0.3, 0.4) is 0 Å². The van der Waals surface area contributed by atoms with Gasteiger partial charge in [0.1, 0.15) is 0 Å². The second-order valence-electron chi connectivity index (χ2n) is 1.82. The number of aromatic carboxylic acids is 1. The normalized spacial score (nSPS) is 8.45. The van der Waals surface area contributed by atoms with Crippen LogP contribution in [0.1, 0.15) is 11.8 Å². The first-order chi connectivity index (χ1) is 4.72. The number of hydrogen-bond donors (Lipinski definition) is 2. The number of carbonyl (C=O) groups is 1. The molecule has 54 valence electrons. The van der Waals surface area contributed by atoms with Gasteiger partial charge in [-0.2, -0.15) is 0 Å². The molecule has 11 heavy (non-hydrogen) atoms. The molecule has 0 heterocycles. The summed E-state index contributed by atoms with van der Waals surface area (Å²) in [5.41, 5.74) is 0.242. The Morgan fingerprint density at radius 3 is 2.36 bits per heavy atom. The average molecular weight is 178 g/mol. The predicted molar refractivity (Wildman–Crippen MR) is 41.8 cm³/mol. The van der Waals surface area contributed by atoms with Gasteiger partial charge in [0.2, 0.25) is 0 Å². The zero-order valence-electron chi connectivity index (χ0n) is 7.11. The van der Waals surface area contributed by atoms with Crippen LogP contribution < -0.4 is 29.6 Å². The Balaban J connectivity index is 0. The largest absolute Gasteiger partial charge is 1.00 e. The monoisotopic (exact) mass is 178 g/mol. The van der Waals surface area contributed by atoms with Crippen LogP contribution in [0.2, 0.25) is 0 Å². The van der Waals surface area contributed by atoms with Crippen molar-refractivity contribution in [1.29, 1.82) is 0 Å². The molecule has 0 unspecified atom stereocenters. The van der Waals surface area contributed by atoms with E-state index in [1.165, 1.54) is 6.07 Å². The van der Waals surface area contributed by atoms with E-state index in [0.717, 1.165) is 0 Å². The summed E-state index contributed by atoms with van der Waals surface area (Å²) in [6, 6.07) is 6.58. The second-order valence-corrected chi connectivity index (χ2v) is 2.30. The van der Waals surface area contributed by atoms with E-state index in [2.05, 4.69) is 12.6 Å². The maximum absolute atomic E-state index is 10.4. The first kappa shape index (κ1) is 11.0. The number of thiol groups is 1. The summed E-state index contributed by atoms with van der Waals surface area (Å²) >= 11 is 3.96. The van der Waals surface area contributed by atoms with E-state index in [9.17, 15) is 4.79 Å². The van der Waals surface area contributed by atoms with Gasteiger partial charge in [0.05, 0.1) is 5.56 Å². The quantitative estimate of drug-likeness (QED) is 0.418. The summed E-state index contributed by atoms with van der Waals surface area (Å²) in [5.74, 6) is -0.939. The molecule has 0 radical (unpaired) electrons. The van der Waals surface area contributed by atoms with Crippen LogP contribution in [0.15, 0.2) is 29.2 Å². The van der Waals surface area contributed by atoms with Crippen molar-refractivity contribution in [2.24, 2.45) is 0 Å². The molecular formula is C7H7NaO2S. The van der Waals surface area contributed by atoms with Gasteiger partial charge in [-0.05, 0) is 12.1 Å².